The molecule has 0 saturated carbocycles. The summed E-state index contributed by atoms with van der Waals surface area (Å²) >= 11 is 0. The second-order valence-electron chi connectivity index (χ2n) is 6.76. The highest BCUT2D eigenvalue weighted by atomic mass is 15.3. The number of anilines is 1. The quantitative estimate of drug-likeness (QED) is 0.693. The number of likely N-dealkylation sites (N-methyl/N-ethyl adjacent to an activating group) is 1. The molecule has 4 rings (SSSR count). The van der Waals surface area contributed by atoms with Gasteiger partial charge in [0.2, 0.25) is 0 Å². The van der Waals surface area contributed by atoms with Crippen LogP contribution in [0.4, 0.5) is 5.82 Å². The maximum Gasteiger partial charge on any atom is 0.137 e. The molecule has 0 aliphatic carbocycles. The summed E-state index contributed by atoms with van der Waals surface area (Å²) in [7, 11) is 0. The minimum atomic E-state index is 1.01. The normalized spacial score (nSPS) is 15.8. The largest absolute Gasteiger partial charge is 0.354 e. The lowest BCUT2D eigenvalue weighted by molar-refractivity contribution is 0.271. The predicted octanol–water partition coefficient (Wildman–Crippen LogP) is 4.55. The van der Waals surface area contributed by atoms with E-state index in [-0.39, 0.29) is 0 Å². The van der Waals surface area contributed by atoms with Crippen molar-refractivity contribution in [3.05, 3.63) is 71.9 Å². The number of fused-ring (bicyclic) bond motifs is 1. The second kappa shape index (κ2) is 7.71. The average Bonchev–Trinajstić information content (AvgIpc) is 2.72. The van der Waals surface area contributed by atoms with Crippen molar-refractivity contribution in [1.82, 2.24) is 9.88 Å². The number of pyridine rings is 1. The van der Waals surface area contributed by atoms with Gasteiger partial charge in [0.05, 0.1) is 5.69 Å². The average molecular weight is 343 g/mol. The van der Waals surface area contributed by atoms with Gasteiger partial charge >= 0.3 is 0 Å². The molecule has 1 aromatic heterocycles. The first-order valence-electron chi connectivity index (χ1n) is 9.44. The molecule has 0 radical (unpaired) electrons. The standard InChI is InChI=1S/C23H25N3/c1-2-25-14-16-26(17-15-25)23-22-11-7-6-10-20(22)18-21(24-23)13-12-19-8-4-3-5-9-19/h3-13,18H,2,14-17H2,1H3. The first-order chi connectivity index (χ1) is 12.8. The highest BCUT2D eigenvalue weighted by Crippen LogP contribution is 2.27. The van der Waals surface area contributed by atoms with Gasteiger partial charge in [0.15, 0.2) is 0 Å². The molecule has 0 N–H and O–H groups in total. The number of benzene rings is 2. The van der Waals surface area contributed by atoms with E-state index >= 15 is 0 Å². The Morgan fingerprint density at radius 1 is 0.885 bits per heavy atom. The summed E-state index contributed by atoms with van der Waals surface area (Å²) in [6.07, 6.45) is 4.25. The zero-order valence-corrected chi connectivity index (χ0v) is 15.3. The van der Waals surface area contributed by atoms with Gasteiger partial charge in [0.25, 0.3) is 0 Å². The molecule has 3 aromatic rings. The van der Waals surface area contributed by atoms with Crippen LogP contribution < -0.4 is 4.90 Å². The van der Waals surface area contributed by atoms with Gasteiger partial charge in [-0.25, -0.2) is 4.98 Å². The van der Waals surface area contributed by atoms with E-state index in [1.165, 1.54) is 16.3 Å². The molecular weight excluding hydrogens is 318 g/mol. The molecule has 26 heavy (non-hydrogen) atoms. The first-order valence-corrected chi connectivity index (χ1v) is 9.44. The molecule has 132 valence electrons. The van der Waals surface area contributed by atoms with Crippen LogP contribution in [0.5, 0.6) is 0 Å². The van der Waals surface area contributed by atoms with Gasteiger partial charge in [-0.3, -0.25) is 0 Å². The van der Waals surface area contributed by atoms with Crippen LogP contribution in [0.15, 0.2) is 60.7 Å². The fourth-order valence-electron chi connectivity index (χ4n) is 3.55. The van der Waals surface area contributed by atoms with Crippen LogP contribution in [0.25, 0.3) is 22.9 Å². The number of nitrogens with zero attached hydrogens (tertiary/aromatic N) is 3. The summed E-state index contributed by atoms with van der Waals surface area (Å²) in [5.41, 5.74) is 2.21. The van der Waals surface area contributed by atoms with Gasteiger partial charge in [0.1, 0.15) is 5.82 Å². The monoisotopic (exact) mass is 343 g/mol. The zero-order chi connectivity index (χ0) is 17.8. The van der Waals surface area contributed by atoms with E-state index in [1.807, 2.05) is 6.07 Å². The van der Waals surface area contributed by atoms with Crippen molar-refractivity contribution in [2.75, 3.05) is 37.6 Å². The molecule has 1 saturated heterocycles. The van der Waals surface area contributed by atoms with Crippen LogP contribution in [0, 0.1) is 0 Å². The summed E-state index contributed by atoms with van der Waals surface area (Å²) in [4.78, 5) is 9.95. The van der Waals surface area contributed by atoms with Gasteiger partial charge in [-0.1, -0.05) is 67.6 Å². The van der Waals surface area contributed by atoms with Crippen molar-refractivity contribution in [2.45, 2.75) is 6.92 Å². The number of aromatic nitrogens is 1. The second-order valence-corrected chi connectivity index (χ2v) is 6.76. The predicted molar refractivity (Wildman–Crippen MR) is 111 cm³/mol. The fourth-order valence-corrected chi connectivity index (χ4v) is 3.55. The van der Waals surface area contributed by atoms with E-state index in [2.05, 4.69) is 83.5 Å². The topological polar surface area (TPSA) is 19.4 Å². The van der Waals surface area contributed by atoms with Gasteiger partial charge < -0.3 is 9.80 Å². The van der Waals surface area contributed by atoms with Crippen molar-refractivity contribution < 1.29 is 0 Å². The zero-order valence-electron chi connectivity index (χ0n) is 15.3. The molecule has 1 aliphatic heterocycles. The van der Waals surface area contributed by atoms with E-state index in [9.17, 15) is 0 Å². The van der Waals surface area contributed by atoms with Gasteiger partial charge in [0, 0.05) is 31.6 Å². The van der Waals surface area contributed by atoms with Gasteiger partial charge in [-0.05, 0) is 29.6 Å². The minimum absolute atomic E-state index is 1.01. The molecule has 0 spiro atoms. The molecule has 0 atom stereocenters. The first kappa shape index (κ1) is 16.8. The summed E-state index contributed by atoms with van der Waals surface area (Å²) in [6, 6.07) is 21.2. The molecule has 0 bridgehead atoms. The Labute approximate surface area is 155 Å². The van der Waals surface area contributed by atoms with Crippen LogP contribution in [0.2, 0.25) is 0 Å². The Bertz CT molecular complexity index is 894. The number of hydrogen-bond acceptors (Lipinski definition) is 3. The highest BCUT2D eigenvalue weighted by molar-refractivity contribution is 5.94. The maximum atomic E-state index is 5.01. The Morgan fingerprint density at radius 3 is 2.38 bits per heavy atom. The van der Waals surface area contributed by atoms with Crippen LogP contribution in [0.3, 0.4) is 0 Å². The molecule has 0 amide bonds. The van der Waals surface area contributed by atoms with Crippen LogP contribution >= 0.6 is 0 Å². The number of piperazine rings is 1. The Morgan fingerprint density at radius 2 is 1.62 bits per heavy atom. The highest BCUT2D eigenvalue weighted by Gasteiger charge is 2.19. The Kier molecular flexibility index (Phi) is 4.98. The van der Waals surface area contributed by atoms with Crippen molar-refractivity contribution in [2.24, 2.45) is 0 Å². The summed E-state index contributed by atoms with van der Waals surface area (Å²) in [6.45, 7) is 7.65. The third kappa shape index (κ3) is 3.63. The summed E-state index contributed by atoms with van der Waals surface area (Å²) < 4.78 is 0. The van der Waals surface area contributed by atoms with Crippen molar-refractivity contribution in [3.63, 3.8) is 0 Å². The van der Waals surface area contributed by atoms with Crippen LogP contribution in [-0.2, 0) is 0 Å². The number of rotatable bonds is 4. The number of hydrogen-bond donors (Lipinski definition) is 0. The van der Waals surface area contributed by atoms with Gasteiger partial charge in [-0.2, -0.15) is 0 Å². The lowest BCUT2D eigenvalue weighted by atomic mass is 10.1. The van der Waals surface area contributed by atoms with Crippen molar-refractivity contribution in [1.29, 1.82) is 0 Å². The molecule has 1 aliphatic rings. The molecule has 2 heterocycles. The molecule has 2 aromatic carbocycles. The van der Waals surface area contributed by atoms with E-state index < -0.39 is 0 Å². The van der Waals surface area contributed by atoms with E-state index in [0.29, 0.717) is 0 Å². The molecule has 0 unspecified atom stereocenters. The van der Waals surface area contributed by atoms with E-state index in [4.69, 9.17) is 4.98 Å². The van der Waals surface area contributed by atoms with Crippen molar-refractivity contribution in [3.8, 4) is 0 Å². The molecule has 3 heteroatoms. The third-order valence-corrected chi connectivity index (χ3v) is 5.11. The van der Waals surface area contributed by atoms with Crippen molar-refractivity contribution >= 4 is 28.7 Å². The van der Waals surface area contributed by atoms with Gasteiger partial charge in [-0.15, -0.1) is 0 Å². The lowest BCUT2D eigenvalue weighted by Gasteiger charge is -2.35. The SMILES string of the molecule is CCN1CCN(c2nc(C=Cc3ccccc3)cc3ccccc23)CC1. The molecular formula is C23H25N3. The smallest absolute Gasteiger partial charge is 0.137 e. The van der Waals surface area contributed by atoms with E-state index in [1.54, 1.807) is 0 Å². The van der Waals surface area contributed by atoms with Crippen LogP contribution in [-0.4, -0.2) is 42.6 Å². The Hall–Kier alpha value is -2.65. The summed E-state index contributed by atoms with van der Waals surface area (Å²) in [5.74, 6) is 1.12. The molecule has 1 fully saturated rings. The van der Waals surface area contributed by atoms with E-state index in [0.717, 1.165) is 44.2 Å². The maximum absolute atomic E-state index is 5.01. The fraction of sp³-hybridized carbons (Fsp3) is 0.261. The summed E-state index contributed by atoms with van der Waals surface area (Å²) in [5, 5.41) is 2.50. The van der Waals surface area contributed by atoms with Crippen LogP contribution in [0.1, 0.15) is 18.2 Å². The molecule has 3 nitrogen and oxygen atoms in total. The minimum Gasteiger partial charge on any atom is -0.354 e. The lowest BCUT2D eigenvalue weighted by Crippen LogP contribution is -2.46. The Balaban J connectivity index is 1.68. The third-order valence-electron chi connectivity index (χ3n) is 5.11.